The van der Waals surface area contributed by atoms with Crippen LogP contribution in [-0.2, 0) is 16.2 Å². The van der Waals surface area contributed by atoms with Gasteiger partial charge in [-0.15, -0.1) is 11.3 Å². The van der Waals surface area contributed by atoms with E-state index in [1.165, 1.54) is 103 Å². The third-order valence-corrected chi connectivity index (χ3v) is 17.1. The summed E-state index contributed by atoms with van der Waals surface area (Å²) in [5.74, 6) is 0. The zero-order valence-electron chi connectivity index (χ0n) is 43.5. The lowest BCUT2D eigenvalue weighted by atomic mass is 9.68. The second-order valence-corrected chi connectivity index (χ2v) is 23.5. The van der Waals surface area contributed by atoms with Gasteiger partial charge < -0.3 is 4.90 Å². The normalized spacial score (nSPS) is 13.0. The van der Waals surface area contributed by atoms with Crippen molar-refractivity contribution in [2.75, 3.05) is 4.90 Å². The highest BCUT2D eigenvalue weighted by atomic mass is 32.1. The predicted molar refractivity (Wildman–Crippen MR) is 323 cm³/mol. The summed E-state index contributed by atoms with van der Waals surface area (Å²) >= 11 is 1.89. The van der Waals surface area contributed by atoms with Crippen molar-refractivity contribution < 1.29 is 0 Å². The summed E-state index contributed by atoms with van der Waals surface area (Å²) in [5.41, 5.74) is 20.2. The molecule has 0 bridgehead atoms. The quantitative estimate of drug-likeness (QED) is 0.147. The van der Waals surface area contributed by atoms with E-state index < -0.39 is 5.41 Å². The third kappa shape index (κ3) is 7.65. The average Bonchev–Trinajstić information content (AvgIpc) is 4.08. The lowest BCUT2D eigenvalue weighted by molar-refractivity contribution is 0.569. The molecule has 1 heterocycles. The molecule has 0 amide bonds. The number of fused-ring (bicyclic) bond motifs is 7. The maximum atomic E-state index is 2.57. The number of hydrogen-bond acceptors (Lipinski definition) is 2. The minimum Gasteiger partial charge on any atom is -0.309 e. The Morgan fingerprint density at radius 3 is 1.63 bits per heavy atom. The topological polar surface area (TPSA) is 3.24 Å². The molecule has 362 valence electrons. The van der Waals surface area contributed by atoms with Crippen molar-refractivity contribution in [1.29, 1.82) is 0 Å². The van der Waals surface area contributed by atoms with Gasteiger partial charge in [-0.3, -0.25) is 0 Å². The standard InChI is InChI=1S/C73H59NS/c1-71(2,3)53-44-50(45-54(47-53)72(4,5)6)56-35-20-24-48-25-21-37-60(68(48)56)58-32-14-17-41-65(58)74(55-31-19-26-49(46-55)57-36-22-38-61-59-33-15-18-43-67(59)75-70(57)61)66-42-23-40-64-69(66)62-34-13-16-39-63(62)73(64,51-27-9-7-10-28-51)52-29-11-8-12-30-52/h7-47H,1-6H3. The highest BCUT2D eigenvalue weighted by molar-refractivity contribution is 7.26. The van der Waals surface area contributed by atoms with E-state index in [9.17, 15) is 0 Å². The van der Waals surface area contributed by atoms with Gasteiger partial charge in [0.15, 0.2) is 0 Å². The largest absolute Gasteiger partial charge is 0.309 e. The highest BCUT2D eigenvalue weighted by Crippen LogP contribution is 2.60. The van der Waals surface area contributed by atoms with E-state index in [-0.39, 0.29) is 10.8 Å². The smallest absolute Gasteiger partial charge is 0.0714 e. The molecule has 1 aliphatic rings. The first kappa shape index (κ1) is 46.5. The van der Waals surface area contributed by atoms with E-state index in [0.29, 0.717) is 0 Å². The maximum Gasteiger partial charge on any atom is 0.0714 e. The van der Waals surface area contributed by atoms with Crippen molar-refractivity contribution in [2.24, 2.45) is 0 Å². The Labute approximate surface area is 446 Å². The van der Waals surface area contributed by atoms with Crippen molar-refractivity contribution in [3.05, 3.63) is 282 Å². The molecule has 11 aromatic carbocycles. The SMILES string of the molecule is CC(C)(C)c1cc(-c2cccc3cccc(-c4ccccc4N(c4cccc(-c5cccc6c5sc5ccccc56)c4)c4cccc5c4-c4ccccc4C5(c4ccccc4)c4ccccc4)c23)cc(C(C)(C)C)c1. The molecule has 2 heteroatoms. The summed E-state index contributed by atoms with van der Waals surface area (Å²) in [6.45, 7) is 14.0. The van der Waals surface area contributed by atoms with Gasteiger partial charge in [-0.1, -0.05) is 260 Å². The summed E-state index contributed by atoms with van der Waals surface area (Å²) in [6, 6.07) is 93.6. The zero-order chi connectivity index (χ0) is 51.1. The van der Waals surface area contributed by atoms with Gasteiger partial charge in [0.2, 0.25) is 0 Å². The Balaban J connectivity index is 1.11. The molecule has 0 N–H and O–H groups in total. The van der Waals surface area contributed by atoms with Crippen LogP contribution in [0.2, 0.25) is 0 Å². The first-order valence-electron chi connectivity index (χ1n) is 26.4. The molecule has 12 aromatic rings. The van der Waals surface area contributed by atoms with Crippen LogP contribution >= 0.6 is 11.3 Å². The minimum atomic E-state index is -0.563. The Kier molecular flexibility index (Phi) is 11.1. The Morgan fingerprint density at radius 1 is 0.373 bits per heavy atom. The molecular formula is C73H59NS. The molecule has 0 unspecified atom stereocenters. The molecule has 1 nitrogen and oxygen atoms in total. The molecule has 0 atom stereocenters. The highest BCUT2D eigenvalue weighted by Gasteiger charge is 2.47. The van der Waals surface area contributed by atoms with Crippen molar-refractivity contribution >= 4 is 59.3 Å². The number of anilines is 3. The Hall–Kier alpha value is -8.30. The number of nitrogens with zero attached hydrogens (tertiary/aromatic N) is 1. The molecule has 0 fully saturated rings. The van der Waals surface area contributed by atoms with E-state index in [4.69, 9.17) is 0 Å². The van der Waals surface area contributed by atoms with Crippen LogP contribution in [0.25, 0.3) is 75.5 Å². The monoisotopic (exact) mass is 981 g/mol. The fourth-order valence-electron chi connectivity index (χ4n) is 12.2. The average molecular weight is 982 g/mol. The molecule has 0 saturated carbocycles. The summed E-state index contributed by atoms with van der Waals surface area (Å²) < 4.78 is 2.61. The van der Waals surface area contributed by atoms with E-state index >= 15 is 0 Å². The van der Waals surface area contributed by atoms with Crippen LogP contribution in [0.1, 0.15) is 74.9 Å². The van der Waals surface area contributed by atoms with Crippen LogP contribution in [-0.4, -0.2) is 0 Å². The first-order valence-corrected chi connectivity index (χ1v) is 27.2. The number of para-hydroxylation sites is 1. The van der Waals surface area contributed by atoms with E-state index in [1.807, 2.05) is 11.3 Å². The second kappa shape index (κ2) is 18.0. The van der Waals surface area contributed by atoms with Crippen LogP contribution in [0.4, 0.5) is 17.1 Å². The van der Waals surface area contributed by atoms with Gasteiger partial charge in [0.05, 0.1) is 16.8 Å². The molecule has 75 heavy (non-hydrogen) atoms. The van der Waals surface area contributed by atoms with Crippen molar-refractivity contribution in [3.8, 4) is 44.5 Å². The fraction of sp³-hybridized carbons (Fsp3) is 0.123. The fourth-order valence-corrected chi connectivity index (χ4v) is 13.4. The van der Waals surface area contributed by atoms with Crippen molar-refractivity contribution in [2.45, 2.75) is 57.8 Å². The molecule has 0 saturated heterocycles. The predicted octanol–water partition coefficient (Wildman–Crippen LogP) is 20.6. The van der Waals surface area contributed by atoms with E-state index in [0.717, 1.165) is 22.6 Å². The Bertz CT molecular complexity index is 4070. The summed E-state index contributed by atoms with van der Waals surface area (Å²) in [5, 5.41) is 5.07. The van der Waals surface area contributed by atoms with Crippen LogP contribution in [0.5, 0.6) is 0 Å². The molecule has 0 spiro atoms. The van der Waals surface area contributed by atoms with Gasteiger partial charge >= 0.3 is 0 Å². The second-order valence-electron chi connectivity index (χ2n) is 22.4. The number of hydrogen-bond donors (Lipinski definition) is 0. The molecular weight excluding hydrogens is 923 g/mol. The molecule has 0 aliphatic heterocycles. The molecule has 1 aromatic heterocycles. The van der Waals surface area contributed by atoms with E-state index in [1.54, 1.807) is 0 Å². The van der Waals surface area contributed by atoms with Gasteiger partial charge in [0.1, 0.15) is 0 Å². The van der Waals surface area contributed by atoms with Crippen molar-refractivity contribution in [1.82, 2.24) is 0 Å². The maximum absolute atomic E-state index is 2.57. The van der Waals surface area contributed by atoms with Crippen LogP contribution in [0.3, 0.4) is 0 Å². The number of rotatable bonds is 8. The molecule has 1 aliphatic carbocycles. The molecule has 13 rings (SSSR count). The van der Waals surface area contributed by atoms with Crippen LogP contribution in [0, 0.1) is 0 Å². The summed E-state index contributed by atoms with van der Waals surface area (Å²) in [7, 11) is 0. The zero-order valence-corrected chi connectivity index (χ0v) is 44.3. The third-order valence-electron chi connectivity index (χ3n) is 15.8. The number of thiophene rings is 1. The molecule has 0 radical (unpaired) electrons. The van der Waals surface area contributed by atoms with Gasteiger partial charge in [0.25, 0.3) is 0 Å². The minimum absolute atomic E-state index is 0.0271. The summed E-state index contributed by atoms with van der Waals surface area (Å²) in [6.07, 6.45) is 0. The van der Waals surface area contributed by atoms with E-state index in [2.05, 4.69) is 295 Å². The van der Waals surface area contributed by atoms with Crippen molar-refractivity contribution in [3.63, 3.8) is 0 Å². The van der Waals surface area contributed by atoms with Gasteiger partial charge in [-0.2, -0.15) is 0 Å². The lowest BCUT2D eigenvalue weighted by Crippen LogP contribution is -2.28. The van der Waals surface area contributed by atoms with Gasteiger partial charge in [-0.05, 0) is 119 Å². The van der Waals surface area contributed by atoms with Gasteiger partial charge in [-0.25, -0.2) is 0 Å². The summed E-state index contributed by atoms with van der Waals surface area (Å²) in [4.78, 5) is 2.57. The van der Waals surface area contributed by atoms with Crippen LogP contribution < -0.4 is 4.90 Å². The Morgan fingerprint density at radius 2 is 0.907 bits per heavy atom. The van der Waals surface area contributed by atoms with Gasteiger partial charge in [0, 0.05) is 37.0 Å². The first-order chi connectivity index (χ1) is 36.5. The number of benzene rings is 11. The van der Waals surface area contributed by atoms with Crippen LogP contribution in [0.15, 0.2) is 249 Å². The lowest BCUT2D eigenvalue weighted by Gasteiger charge is -2.34.